The Bertz CT molecular complexity index is 997. The highest BCUT2D eigenvalue weighted by Crippen LogP contribution is 2.21. The zero-order valence-electron chi connectivity index (χ0n) is 15.4. The van der Waals surface area contributed by atoms with Crippen molar-refractivity contribution in [3.8, 4) is 0 Å². The van der Waals surface area contributed by atoms with E-state index in [1.165, 1.54) is 13.1 Å². The van der Waals surface area contributed by atoms with Gasteiger partial charge in [0, 0.05) is 23.1 Å². The Labute approximate surface area is 157 Å². The van der Waals surface area contributed by atoms with Gasteiger partial charge in [-0.05, 0) is 68.3 Å². The number of nitrogens with one attached hydrogen (secondary N) is 2. The maximum atomic E-state index is 12.5. The molecule has 0 unspecified atom stereocenters. The molecule has 6 heteroatoms. The van der Waals surface area contributed by atoms with Crippen molar-refractivity contribution in [2.75, 3.05) is 10.6 Å². The van der Waals surface area contributed by atoms with Gasteiger partial charge in [-0.25, -0.2) is 9.97 Å². The van der Waals surface area contributed by atoms with Crippen molar-refractivity contribution in [1.29, 1.82) is 0 Å². The molecule has 3 rings (SSSR count). The van der Waals surface area contributed by atoms with E-state index in [2.05, 4.69) is 20.6 Å². The highest BCUT2D eigenvalue weighted by atomic mass is 16.2. The number of aromatic nitrogens is 2. The molecule has 136 valence electrons. The van der Waals surface area contributed by atoms with Crippen molar-refractivity contribution in [1.82, 2.24) is 9.97 Å². The molecule has 6 nitrogen and oxygen atoms in total. The van der Waals surface area contributed by atoms with Gasteiger partial charge >= 0.3 is 0 Å². The van der Waals surface area contributed by atoms with E-state index in [1.54, 1.807) is 30.3 Å². The van der Waals surface area contributed by atoms with E-state index in [4.69, 9.17) is 0 Å². The van der Waals surface area contributed by atoms with E-state index >= 15 is 0 Å². The van der Waals surface area contributed by atoms with Crippen LogP contribution in [0.5, 0.6) is 0 Å². The number of Topliss-reactive ketones (excluding diaryl/α,β-unsaturated/α-hetero) is 1. The van der Waals surface area contributed by atoms with Crippen LogP contribution < -0.4 is 10.6 Å². The van der Waals surface area contributed by atoms with E-state index in [0.717, 1.165) is 16.8 Å². The molecule has 1 aromatic heterocycles. The third-order valence-corrected chi connectivity index (χ3v) is 4.29. The van der Waals surface area contributed by atoms with Crippen molar-refractivity contribution >= 4 is 29.0 Å². The molecular weight excluding hydrogens is 340 g/mol. The molecule has 0 atom stereocenters. The lowest BCUT2D eigenvalue weighted by Gasteiger charge is -2.11. The predicted octanol–water partition coefficient (Wildman–Crippen LogP) is 4.29. The highest BCUT2D eigenvalue weighted by molar-refractivity contribution is 6.03. The number of hydrogen-bond acceptors (Lipinski definition) is 5. The summed E-state index contributed by atoms with van der Waals surface area (Å²) in [6.45, 7) is 5.54. The minimum Gasteiger partial charge on any atom is -0.324 e. The van der Waals surface area contributed by atoms with Gasteiger partial charge in [0.2, 0.25) is 5.95 Å². The van der Waals surface area contributed by atoms with Gasteiger partial charge in [0.25, 0.3) is 5.91 Å². The first-order chi connectivity index (χ1) is 12.9. The van der Waals surface area contributed by atoms with Crippen LogP contribution in [0.4, 0.5) is 17.3 Å². The van der Waals surface area contributed by atoms with Gasteiger partial charge in [0.1, 0.15) is 5.69 Å². The zero-order valence-corrected chi connectivity index (χ0v) is 15.4. The molecule has 0 saturated heterocycles. The number of rotatable bonds is 5. The second-order valence-electron chi connectivity index (χ2n) is 6.23. The Hall–Kier alpha value is -3.54. The van der Waals surface area contributed by atoms with Crippen molar-refractivity contribution in [3.05, 3.63) is 77.1 Å². The minimum absolute atomic E-state index is 0.0224. The molecule has 1 amide bonds. The zero-order chi connectivity index (χ0) is 19.4. The average molecular weight is 360 g/mol. The number of anilines is 3. The second-order valence-corrected chi connectivity index (χ2v) is 6.23. The molecule has 0 aliphatic heterocycles. The predicted molar refractivity (Wildman–Crippen MR) is 106 cm³/mol. The first-order valence-corrected chi connectivity index (χ1v) is 8.52. The highest BCUT2D eigenvalue weighted by Gasteiger charge is 2.11. The maximum absolute atomic E-state index is 12.5. The summed E-state index contributed by atoms with van der Waals surface area (Å²) in [5, 5.41) is 5.92. The van der Waals surface area contributed by atoms with Crippen LogP contribution in [0, 0.1) is 13.8 Å². The molecule has 2 aromatic carbocycles. The average Bonchev–Trinajstić information content (AvgIpc) is 2.66. The van der Waals surface area contributed by atoms with E-state index < -0.39 is 0 Å². The lowest BCUT2D eigenvalue weighted by molar-refractivity contribution is 0.101. The number of benzene rings is 2. The van der Waals surface area contributed by atoms with Crippen LogP contribution in [0.15, 0.2) is 54.7 Å². The van der Waals surface area contributed by atoms with E-state index in [9.17, 15) is 9.59 Å². The van der Waals surface area contributed by atoms with E-state index in [1.807, 2.05) is 32.0 Å². The lowest BCUT2D eigenvalue weighted by Crippen LogP contribution is -2.15. The summed E-state index contributed by atoms with van der Waals surface area (Å²) in [6.07, 6.45) is 1.54. The van der Waals surface area contributed by atoms with E-state index in [-0.39, 0.29) is 17.4 Å². The van der Waals surface area contributed by atoms with Gasteiger partial charge in [-0.1, -0.05) is 12.1 Å². The molecule has 0 bridgehead atoms. The fourth-order valence-corrected chi connectivity index (χ4v) is 2.54. The molecular formula is C21H20N4O2. The van der Waals surface area contributed by atoms with Crippen molar-refractivity contribution < 1.29 is 9.59 Å². The van der Waals surface area contributed by atoms with Crippen molar-refractivity contribution in [3.63, 3.8) is 0 Å². The van der Waals surface area contributed by atoms with Gasteiger partial charge in [0.05, 0.1) is 0 Å². The molecule has 0 radical (unpaired) electrons. The third-order valence-electron chi connectivity index (χ3n) is 4.29. The number of nitrogens with zero attached hydrogens (tertiary/aromatic N) is 2. The Balaban J connectivity index is 1.75. The van der Waals surface area contributed by atoms with Gasteiger partial charge in [0.15, 0.2) is 5.78 Å². The first-order valence-electron chi connectivity index (χ1n) is 8.52. The number of hydrogen-bond donors (Lipinski definition) is 2. The van der Waals surface area contributed by atoms with Gasteiger partial charge in [-0.15, -0.1) is 0 Å². The summed E-state index contributed by atoms with van der Waals surface area (Å²) in [4.78, 5) is 32.3. The number of aryl methyl sites for hydroxylation is 1. The molecule has 0 aliphatic carbocycles. The Morgan fingerprint density at radius 3 is 2.41 bits per heavy atom. The molecule has 2 N–H and O–H groups in total. The molecule has 0 aliphatic rings. The summed E-state index contributed by atoms with van der Waals surface area (Å²) in [6, 6.07) is 14.2. The summed E-state index contributed by atoms with van der Waals surface area (Å²) < 4.78 is 0. The van der Waals surface area contributed by atoms with Crippen LogP contribution >= 0.6 is 0 Å². The largest absolute Gasteiger partial charge is 0.324 e. The summed E-state index contributed by atoms with van der Waals surface area (Å²) in [5.41, 5.74) is 4.58. The molecule has 0 fully saturated rings. The first kappa shape index (κ1) is 18.3. The number of amides is 1. The van der Waals surface area contributed by atoms with Gasteiger partial charge in [-0.2, -0.15) is 0 Å². The molecule has 27 heavy (non-hydrogen) atoms. The smallest absolute Gasteiger partial charge is 0.274 e. The van der Waals surface area contributed by atoms with Gasteiger partial charge < -0.3 is 10.6 Å². The van der Waals surface area contributed by atoms with Crippen molar-refractivity contribution in [2.45, 2.75) is 20.8 Å². The third kappa shape index (κ3) is 4.36. The van der Waals surface area contributed by atoms with Crippen molar-refractivity contribution in [2.24, 2.45) is 0 Å². The number of ketones is 1. The molecule has 3 aromatic rings. The van der Waals surface area contributed by atoms with Crippen LogP contribution in [0.3, 0.4) is 0 Å². The second kappa shape index (κ2) is 7.78. The minimum atomic E-state index is -0.350. The number of carbonyl (C=O) groups excluding carboxylic acids is 2. The fourth-order valence-electron chi connectivity index (χ4n) is 2.54. The number of carbonyl (C=O) groups is 2. The topological polar surface area (TPSA) is 84.0 Å². The fraction of sp³-hybridized carbons (Fsp3) is 0.143. The normalized spacial score (nSPS) is 10.3. The summed E-state index contributed by atoms with van der Waals surface area (Å²) in [7, 11) is 0. The maximum Gasteiger partial charge on any atom is 0.274 e. The van der Waals surface area contributed by atoms with Crippen LogP contribution in [-0.4, -0.2) is 21.7 Å². The monoisotopic (exact) mass is 360 g/mol. The van der Waals surface area contributed by atoms with Gasteiger partial charge in [-0.3, -0.25) is 9.59 Å². The molecule has 0 saturated carbocycles. The SMILES string of the molecule is CC(=O)c1ccc(NC(=O)c2ccnc(Nc3cccc(C)c3C)n2)cc1. The molecule has 0 spiro atoms. The quantitative estimate of drug-likeness (QED) is 0.663. The Morgan fingerprint density at radius 2 is 1.70 bits per heavy atom. The van der Waals surface area contributed by atoms with Crippen LogP contribution in [-0.2, 0) is 0 Å². The van der Waals surface area contributed by atoms with Crippen LogP contribution in [0.25, 0.3) is 0 Å². The van der Waals surface area contributed by atoms with Crippen LogP contribution in [0.2, 0.25) is 0 Å². The lowest BCUT2D eigenvalue weighted by atomic mass is 10.1. The standard InChI is InChI=1S/C21H20N4O2/c1-13-5-4-6-18(14(13)2)24-21-22-12-11-19(25-21)20(27)23-17-9-7-16(8-10-17)15(3)26/h4-12H,1-3H3,(H,23,27)(H,22,24,25). The molecule has 1 heterocycles. The van der Waals surface area contributed by atoms with E-state index in [0.29, 0.717) is 17.2 Å². The van der Waals surface area contributed by atoms with Crippen LogP contribution in [0.1, 0.15) is 38.9 Å². The Kier molecular flexibility index (Phi) is 5.26. The summed E-state index contributed by atoms with van der Waals surface area (Å²) >= 11 is 0. The summed E-state index contributed by atoms with van der Waals surface area (Å²) in [5.74, 6) is -0.0221. The Morgan fingerprint density at radius 1 is 0.963 bits per heavy atom.